The Kier molecular flexibility index (Phi) is 14.1. The number of aromatic nitrogens is 1. The van der Waals surface area contributed by atoms with Gasteiger partial charge in [-0.1, -0.05) is 27.7 Å². The van der Waals surface area contributed by atoms with Gasteiger partial charge in [-0.25, -0.2) is 0 Å². The molecule has 43 heavy (non-hydrogen) atoms. The van der Waals surface area contributed by atoms with Crippen LogP contribution in [-0.2, 0) is 31.3 Å². The average Bonchev–Trinajstić information content (AvgIpc) is 3.23. The van der Waals surface area contributed by atoms with Crippen molar-refractivity contribution in [2.75, 3.05) is 0 Å². The Morgan fingerprint density at radius 2 is 1.58 bits per heavy atom. The predicted molar refractivity (Wildman–Crippen MR) is 182 cm³/mol. The maximum Gasteiger partial charge on any atom is 0 e. The van der Waals surface area contributed by atoms with Crippen molar-refractivity contribution in [2.24, 2.45) is 17.3 Å². The number of benzene rings is 2. The third kappa shape index (κ3) is 9.48. The summed E-state index contributed by atoms with van der Waals surface area (Å²) in [6.07, 6.45) is 8.05. The fraction of sp³-hybridized carbons (Fsp3) is 0.474. The van der Waals surface area contributed by atoms with Crippen LogP contribution in [0.4, 0.5) is 0 Å². The first-order valence-electron chi connectivity index (χ1n) is 15.6. The largest absolute Gasteiger partial charge is 0 e. The Bertz CT molecular complexity index is 1530. The molecule has 0 fully saturated rings. The number of carbonyl (C=O) groups is 1. The van der Waals surface area contributed by atoms with Crippen LogP contribution in [0.15, 0.2) is 48.4 Å². The van der Waals surface area contributed by atoms with E-state index in [9.17, 15) is 9.90 Å². The predicted octanol–water partition coefficient (Wildman–Crippen LogP) is 10.3. The Hall–Kier alpha value is -2.03. The van der Waals surface area contributed by atoms with E-state index in [4.69, 9.17) is 4.98 Å². The fourth-order valence-electron chi connectivity index (χ4n) is 5.72. The molecule has 4 aromatic rings. The van der Waals surface area contributed by atoms with E-state index in [1.165, 1.54) is 44.0 Å². The second-order valence-electron chi connectivity index (χ2n) is 12.8. The van der Waals surface area contributed by atoms with Gasteiger partial charge in [-0.05, 0) is 25.7 Å². The molecule has 0 unspecified atom stereocenters. The third-order valence-electron chi connectivity index (χ3n) is 8.11. The number of ketones is 1. The standard InChI is InChI=1S/C25H26NSe.C13H24O2.Ir/c1-15-11-16(2)13-18(12-15)24-20-7-8-21-23(19(20)9-10-26-24)17(3)22(27-21)14-25(4,5)6;1-5-10(6-2)12(14)9-13(15)11(7-3)8-4;/h7-12H,14H2,1-6H3;9-11,14H,5-8H2,1-4H3;/q-1;;/b;12-9-;. The minimum Gasteiger partial charge on any atom is 0 e. The molecular formula is C38H50IrNO2Se-. The van der Waals surface area contributed by atoms with Crippen molar-refractivity contribution < 1.29 is 30.0 Å². The van der Waals surface area contributed by atoms with Crippen LogP contribution in [0.1, 0.15) is 95.3 Å². The van der Waals surface area contributed by atoms with Gasteiger partial charge in [-0.15, -0.1) is 0 Å². The van der Waals surface area contributed by atoms with E-state index in [-0.39, 0.29) is 43.5 Å². The van der Waals surface area contributed by atoms with Gasteiger partial charge in [-0.2, -0.15) is 0 Å². The molecule has 2 heterocycles. The minimum absolute atomic E-state index is 0. The van der Waals surface area contributed by atoms with Gasteiger partial charge in [0.25, 0.3) is 0 Å². The quantitative estimate of drug-likeness (QED) is 0.0792. The maximum absolute atomic E-state index is 11.7. The molecule has 0 bridgehead atoms. The Morgan fingerprint density at radius 3 is 2.14 bits per heavy atom. The number of hydrogen-bond donors (Lipinski definition) is 1. The van der Waals surface area contributed by atoms with Crippen molar-refractivity contribution in [1.82, 2.24) is 4.98 Å². The maximum atomic E-state index is 11.7. The van der Waals surface area contributed by atoms with Gasteiger partial charge in [0.05, 0.1) is 5.76 Å². The molecule has 0 aliphatic heterocycles. The van der Waals surface area contributed by atoms with Crippen molar-refractivity contribution in [3.8, 4) is 11.3 Å². The van der Waals surface area contributed by atoms with Gasteiger partial charge < -0.3 is 5.11 Å². The summed E-state index contributed by atoms with van der Waals surface area (Å²) in [6.45, 7) is 21.6. The van der Waals surface area contributed by atoms with Crippen molar-refractivity contribution in [2.45, 2.75) is 101 Å². The van der Waals surface area contributed by atoms with Crippen LogP contribution in [0.5, 0.6) is 0 Å². The molecule has 4 rings (SSSR count). The first-order chi connectivity index (χ1) is 19.8. The van der Waals surface area contributed by atoms with E-state index >= 15 is 0 Å². The van der Waals surface area contributed by atoms with Crippen LogP contribution >= 0.6 is 0 Å². The first-order valence-corrected chi connectivity index (χ1v) is 17.3. The fourth-order valence-corrected chi connectivity index (χ4v) is 8.93. The van der Waals surface area contributed by atoms with Gasteiger partial charge in [0.1, 0.15) is 0 Å². The summed E-state index contributed by atoms with van der Waals surface area (Å²) in [7, 11) is 0. The Balaban J connectivity index is 0.000000348. The number of aryl methyl sites for hydroxylation is 3. The Labute approximate surface area is 279 Å². The molecule has 3 nitrogen and oxygen atoms in total. The van der Waals surface area contributed by atoms with Crippen LogP contribution < -0.4 is 0 Å². The van der Waals surface area contributed by atoms with E-state index in [1.54, 1.807) is 4.44 Å². The summed E-state index contributed by atoms with van der Waals surface area (Å²) < 4.78 is 3.17. The smallest absolute Gasteiger partial charge is 0 e. The molecule has 2 aromatic carbocycles. The zero-order valence-corrected chi connectivity index (χ0v) is 31.9. The molecule has 0 saturated heterocycles. The zero-order valence-electron chi connectivity index (χ0n) is 27.8. The van der Waals surface area contributed by atoms with E-state index in [1.807, 2.05) is 33.9 Å². The van der Waals surface area contributed by atoms with Gasteiger partial charge in [0.2, 0.25) is 0 Å². The minimum atomic E-state index is 0. The molecule has 0 saturated carbocycles. The van der Waals surface area contributed by atoms with E-state index in [0.717, 1.165) is 42.5 Å². The molecule has 0 aliphatic rings. The topological polar surface area (TPSA) is 50.2 Å². The van der Waals surface area contributed by atoms with Crippen LogP contribution in [0.3, 0.4) is 0 Å². The molecule has 0 amide bonds. The normalized spacial score (nSPS) is 12.0. The number of carbonyl (C=O) groups excluding carboxylic acids is 1. The molecular weight excluding hydrogens is 774 g/mol. The van der Waals surface area contributed by atoms with Crippen LogP contribution in [0.2, 0.25) is 0 Å². The summed E-state index contributed by atoms with van der Waals surface area (Å²) in [6, 6.07) is 14.7. The van der Waals surface area contributed by atoms with E-state index in [0.29, 0.717) is 19.9 Å². The molecule has 235 valence electrons. The molecule has 0 atom stereocenters. The van der Waals surface area contributed by atoms with Crippen LogP contribution in [-0.4, -0.2) is 30.4 Å². The monoisotopic (exact) mass is 825 g/mol. The molecule has 2 aromatic heterocycles. The number of aliphatic hydroxyl groups is 1. The molecule has 0 aliphatic carbocycles. The van der Waals surface area contributed by atoms with Crippen molar-refractivity contribution >= 4 is 40.7 Å². The number of allylic oxidation sites excluding steroid dienone is 2. The second kappa shape index (κ2) is 16.3. The number of pyridine rings is 1. The molecule has 0 spiro atoms. The molecule has 1 radical (unpaired) electrons. The average molecular weight is 824 g/mol. The number of fused-ring (bicyclic) bond motifs is 3. The summed E-state index contributed by atoms with van der Waals surface area (Å²) in [4.78, 5) is 16.5. The molecule has 5 heteroatoms. The van der Waals surface area contributed by atoms with E-state index < -0.39 is 0 Å². The third-order valence-corrected chi connectivity index (χ3v) is 10.7. The van der Waals surface area contributed by atoms with Crippen molar-refractivity contribution in [3.63, 3.8) is 0 Å². The van der Waals surface area contributed by atoms with Gasteiger partial charge in [-0.3, -0.25) is 4.79 Å². The second-order valence-corrected chi connectivity index (χ2v) is 15.2. The molecule has 1 N–H and O–H groups in total. The summed E-state index contributed by atoms with van der Waals surface area (Å²) in [5.74, 6) is 0.547. The number of nitrogens with zero attached hydrogens (tertiary/aromatic N) is 1. The van der Waals surface area contributed by atoms with Crippen molar-refractivity contribution in [3.05, 3.63) is 75.6 Å². The van der Waals surface area contributed by atoms with Crippen LogP contribution in [0.25, 0.3) is 31.7 Å². The number of rotatable bonds is 9. The SMILES string of the molecule is CCC(CC)C(=O)/C=C(\O)C(CC)CC.Cc1[c-]c(-c2nccc3c2ccc2[se]c(CC(C)(C)C)c(C)c23)cc(C)c1.[Ir]. The summed E-state index contributed by atoms with van der Waals surface area (Å²) in [5.41, 5.74) is 6.39. The van der Waals surface area contributed by atoms with E-state index in [2.05, 4.69) is 77.9 Å². The summed E-state index contributed by atoms with van der Waals surface area (Å²) >= 11 is 0.441. The van der Waals surface area contributed by atoms with Crippen molar-refractivity contribution in [1.29, 1.82) is 0 Å². The van der Waals surface area contributed by atoms with Gasteiger partial charge >= 0.3 is 168 Å². The van der Waals surface area contributed by atoms with Gasteiger partial charge in [0, 0.05) is 38.0 Å². The number of aliphatic hydroxyl groups excluding tert-OH is 1. The van der Waals surface area contributed by atoms with Gasteiger partial charge in [0.15, 0.2) is 5.78 Å². The van der Waals surface area contributed by atoms with Crippen LogP contribution in [0, 0.1) is 44.1 Å². The Morgan fingerprint density at radius 1 is 0.953 bits per heavy atom. The first kappa shape index (κ1) is 37.2. The zero-order chi connectivity index (χ0) is 31.2. The number of hydrogen-bond acceptors (Lipinski definition) is 3. The summed E-state index contributed by atoms with van der Waals surface area (Å²) in [5, 5.41) is 13.8.